The van der Waals surface area contributed by atoms with Crippen LogP contribution >= 0.6 is 0 Å². The number of benzene rings is 1. The SMILES string of the molecule is C#CCOc1ccc2cc(N)c(=O)oc2c1. The molecule has 4 nitrogen and oxygen atoms in total. The second kappa shape index (κ2) is 3.99. The van der Waals surface area contributed by atoms with Crippen LogP contribution in [0.5, 0.6) is 5.75 Å². The molecule has 0 saturated carbocycles. The average Bonchev–Trinajstić information content (AvgIpc) is 2.28. The minimum atomic E-state index is -0.554. The van der Waals surface area contributed by atoms with Crippen LogP contribution in [0.25, 0.3) is 11.0 Å². The van der Waals surface area contributed by atoms with E-state index in [1.54, 1.807) is 24.3 Å². The Kier molecular flexibility index (Phi) is 2.52. The fourth-order valence-electron chi connectivity index (χ4n) is 1.32. The van der Waals surface area contributed by atoms with E-state index in [4.69, 9.17) is 21.3 Å². The molecule has 4 heteroatoms. The van der Waals surface area contributed by atoms with Gasteiger partial charge < -0.3 is 14.9 Å². The molecule has 1 aromatic heterocycles. The average molecular weight is 215 g/mol. The first-order valence-corrected chi connectivity index (χ1v) is 4.60. The molecule has 0 aliphatic carbocycles. The van der Waals surface area contributed by atoms with Gasteiger partial charge in [0.05, 0.1) is 0 Å². The van der Waals surface area contributed by atoms with E-state index in [0.717, 1.165) is 5.39 Å². The number of rotatable bonds is 2. The van der Waals surface area contributed by atoms with Gasteiger partial charge in [0.15, 0.2) is 0 Å². The summed E-state index contributed by atoms with van der Waals surface area (Å²) in [4.78, 5) is 11.2. The van der Waals surface area contributed by atoms with Crippen molar-refractivity contribution in [3.63, 3.8) is 0 Å². The Morgan fingerprint density at radius 1 is 1.44 bits per heavy atom. The van der Waals surface area contributed by atoms with Crippen molar-refractivity contribution in [1.29, 1.82) is 0 Å². The summed E-state index contributed by atoms with van der Waals surface area (Å²) >= 11 is 0. The first-order chi connectivity index (χ1) is 7.70. The lowest BCUT2D eigenvalue weighted by Gasteiger charge is -2.03. The first-order valence-electron chi connectivity index (χ1n) is 4.60. The maximum absolute atomic E-state index is 11.2. The number of nitrogen functional groups attached to an aromatic ring is 1. The summed E-state index contributed by atoms with van der Waals surface area (Å²) < 4.78 is 10.2. The molecular formula is C12H9NO3. The zero-order valence-corrected chi connectivity index (χ0v) is 8.40. The standard InChI is InChI=1S/C12H9NO3/c1-2-5-15-9-4-3-8-6-10(13)12(14)16-11(8)7-9/h1,3-4,6-7H,5,13H2. The van der Waals surface area contributed by atoms with Gasteiger partial charge in [0, 0.05) is 11.5 Å². The third-order valence-electron chi connectivity index (χ3n) is 2.06. The number of hydrogen-bond donors (Lipinski definition) is 1. The summed E-state index contributed by atoms with van der Waals surface area (Å²) in [5, 5.41) is 0.741. The van der Waals surface area contributed by atoms with Crippen molar-refractivity contribution in [3.05, 3.63) is 34.7 Å². The summed E-state index contributed by atoms with van der Waals surface area (Å²) in [6.07, 6.45) is 5.07. The second-order valence-electron chi connectivity index (χ2n) is 3.18. The van der Waals surface area contributed by atoms with E-state index < -0.39 is 5.63 Å². The molecule has 2 N–H and O–H groups in total. The van der Waals surface area contributed by atoms with E-state index >= 15 is 0 Å². The monoisotopic (exact) mass is 215 g/mol. The maximum atomic E-state index is 11.2. The molecule has 16 heavy (non-hydrogen) atoms. The lowest BCUT2D eigenvalue weighted by atomic mass is 10.2. The minimum Gasteiger partial charge on any atom is -0.481 e. The molecule has 0 saturated heterocycles. The molecular weight excluding hydrogens is 206 g/mol. The van der Waals surface area contributed by atoms with Crippen LogP contribution in [0.4, 0.5) is 5.69 Å². The Morgan fingerprint density at radius 2 is 2.25 bits per heavy atom. The van der Waals surface area contributed by atoms with E-state index in [0.29, 0.717) is 11.3 Å². The van der Waals surface area contributed by atoms with Crippen molar-refractivity contribution in [1.82, 2.24) is 0 Å². The Balaban J connectivity index is 2.50. The zero-order chi connectivity index (χ0) is 11.5. The molecule has 0 amide bonds. The highest BCUT2D eigenvalue weighted by atomic mass is 16.5. The van der Waals surface area contributed by atoms with Gasteiger partial charge in [0.1, 0.15) is 23.6 Å². The number of anilines is 1. The molecule has 0 aliphatic heterocycles. The maximum Gasteiger partial charge on any atom is 0.359 e. The first kappa shape index (κ1) is 10.1. The summed E-state index contributed by atoms with van der Waals surface area (Å²) in [6, 6.07) is 6.65. The van der Waals surface area contributed by atoms with Crippen LogP contribution in [-0.2, 0) is 0 Å². The quantitative estimate of drug-likeness (QED) is 0.607. The van der Waals surface area contributed by atoms with Gasteiger partial charge in [-0.15, -0.1) is 6.42 Å². The Hall–Kier alpha value is -2.41. The summed E-state index contributed by atoms with van der Waals surface area (Å²) in [5.41, 5.74) is 5.40. The predicted molar refractivity (Wildman–Crippen MR) is 61.2 cm³/mol. The van der Waals surface area contributed by atoms with Crippen LogP contribution in [0.3, 0.4) is 0 Å². The van der Waals surface area contributed by atoms with Gasteiger partial charge in [-0.3, -0.25) is 0 Å². The Labute approximate surface area is 91.6 Å². The van der Waals surface area contributed by atoms with Crippen molar-refractivity contribution >= 4 is 16.7 Å². The number of ether oxygens (including phenoxy) is 1. The van der Waals surface area contributed by atoms with Gasteiger partial charge in [-0.05, 0) is 18.2 Å². The Bertz CT molecular complexity index is 622. The van der Waals surface area contributed by atoms with Crippen LogP contribution in [0, 0.1) is 12.3 Å². The molecule has 0 spiro atoms. The van der Waals surface area contributed by atoms with Crippen molar-refractivity contribution in [3.8, 4) is 18.1 Å². The number of terminal acetylenes is 1. The van der Waals surface area contributed by atoms with Gasteiger partial charge in [-0.25, -0.2) is 4.79 Å². The van der Waals surface area contributed by atoms with Crippen LogP contribution in [0.1, 0.15) is 0 Å². The van der Waals surface area contributed by atoms with Crippen molar-refractivity contribution in [2.24, 2.45) is 0 Å². The van der Waals surface area contributed by atoms with E-state index in [1.807, 2.05) is 0 Å². The molecule has 0 unspecified atom stereocenters. The van der Waals surface area contributed by atoms with Gasteiger partial charge in [0.2, 0.25) is 0 Å². The minimum absolute atomic E-state index is 0.0878. The van der Waals surface area contributed by atoms with Crippen LogP contribution in [-0.4, -0.2) is 6.61 Å². The molecule has 0 atom stereocenters. The zero-order valence-electron chi connectivity index (χ0n) is 8.40. The molecule has 0 bridgehead atoms. The lowest BCUT2D eigenvalue weighted by molar-refractivity contribution is 0.370. The van der Waals surface area contributed by atoms with Gasteiger partial charge in [-0.2, -0.15) is 0 Å². The van der Waals surface area contributed by atoms with Gasteiger partial charge in [-0.1, -0.05) is 5.92 Å². The van der Waals surface area contributed by atoms with E-state index in [2.05, 4.69) is 5.92 Å². The normalized spacial score (nSPS) is 9.94. The second-order valence-corrected chi connectivity index (χ2v) is 3.18. The van der Waals surface area contributed by atoms with E-state index in [1.165, 1.54) is 0 Å². The van der Waals surface area contributed by atoms with Crippen molar-refractivity contribution in [2.75, 3.05) is 12.3 Å². The van der Waals surface area contributed by atoms with Crippen molar-refractivity contribution < 1.29 is 9.15 Å². The molecule has 0 fully saturated rings. The molecule has 0 aliphatic rings. The van der Waals surface area contributed by atoms with Gasteiger partial charge >= 0.3 is 5.63 Å². The fourth-order valence-corrected chi connectivity index (χ4v) is 1.32. The molecule has 1 aromatic carbocycles. The number of nitrogens with two attached hydrogens (primary N) is 1. The number of hydrogen-bond acceptors (Lipinski definition) is 4. The molecule has 1 heterocycles. The van der Waals surface area contributed by atoms with Crippen molar-refractivity contribution in [2.45, 2.75) is 0 Å². The molecule has 2 aromatic rings. The third kappa shape index (κ3) is 1.84. The summed E-state index contributed by atoms with van der Waals surface area (Å²) in [7, 11) is 0. The topological polar surface area (TPSA) is 65.5 Å². The highest BCUT2D eigenvalue weighted by molar-refractivity contribution is 5.80. The van der Waals surface area contributed by atoms with Gasteiger partial charge in [0.25, 0.3) is 0 Å². The van der Waals surface area contributed by atoms with Crippen LogP contribution in [0.2, 0.25) is 0 Å². The van der Waals surface area contributed by atoms with Crippen LogP contribution < -0.4 is 16.1 Å². The van der Waals surface area contributed by atoms with Crippen LogP contribution in [0.15, 0.2) is 33.5 Å². The smallest absolute Gasteiger partial charge is 0.359 e. The molecule has 0 radical (unpaired) electrons. The lowest BCUT2D eigenvalue weighted by Crippen LogP contribution is -2.05. The van der Waals surface area contributed by atoms with E-state index in [9.17, 15) is 4.79 Å². The highest BCUT2D eigenvalue weighted by Crippen LogP contribution is 2.20. The summed E-state index contributed by atoms with van der Waals surface area (Å²) in [6.45, 7) is 0.171. The number of fused-ring (bicyclic) bond motifs is 1. The predicted octanol–water partition coefficient (Wildman–Crippen LogP) is 1.39. The fraction of sp³-hybridized carbons (Fsp3) is 0.0833. The molecule has 2 rings (SSSR count). The van der Waals surface area contributed by atoms with E-state index in [-0.39, 0.29) is 12.3 Å². The molecule has 80 valence electrons. The Morgan fingerprint density at radius 3 is 3.00 bits per heavy atom. The summed E-state index contributed by atoms with van der Waals surface area (Å²) in [5.74, 6) is 2.90. The largest absolute Gasteiger partial charge is 0.481 e. The highest BCUT2D eigenvalue weighted by Gasteiger charge is 2.03. The third-order valence-corrected chi connectivity index (χ3v) is 2.06.